The molecule has 0 bridgehead atoms. The maximum atomic E-state index is 13.4. The third kappa shape index (κ3) is 8.63. The van der Waals surface area contributed by atoms with Crippen molar-refractivity contribution in [2.75, 3.05) is 30.6 Å². The zero-order valence-electron chi connectivity index (χ0n) is 23.1. The zero-order chi connectivity index (χ0) is 29.2. The van der Waals surface area contributed by atoms with E-state index in [1.54, 1.807) is 60.7 Å². The van der Waals surface area contributed by atoms with E-state index in [0.29, 0.717) is 23.5 Å². The van der Waals surface area contributed by atoms with E-state index in [9.17, 15) is 18.0 Å². The number of carbonyl (C=O) groups is 2. The lowest BCUT2D eigenvalue weighted by Crippen LogP contribution is -2.39. The smallest absolute Gasteiger partial charge is 0.264 e. The van der Waals surface area contributed by atoms with Crippen molar-refractivity contribution in [1.82, 2.24) is 10.7 Å². The Morgan fingerprint density at radius 2 is 1.63 bits per heavy atom. The molecule has 3 aromatic rings. The van der Waals surface area contributed by atoms with Gasteiger partial charge in [-0.05, 0) is 80.8 Å². The third-order valence-electron chi connectivity index (χ3n) is 6.42. The first-order valence-corrected chi connectivity index (χ1v) is 14.7. The lowest BCUT2D eigenvalue weighted by atomic mass is 10.2. The lowest BCUT2D eigenvalue weighted by Gasteiger charge is -2.24. The van der Waals surface area contributed by atoms with Crippen molar-refractivity contribution in [2.45, 2.75) is 37.7 Å². The van der Waals surface area contributed by atoms with Gasteiger partial charge in [0, 0.05) is 13.2 Å². The SMILES string of the molecule is Cc1ccc(N(CC(=O)N/N=C\c2ccc(OCC(=O)NC[C@H]3CCCO3)cc2)S(=O)(=O)c2ccc(C)cc2)cc1. The molecule has 1 aliphatic rings. The number of ether oxygens (including phenoxy) is 2. The van der Waals surface area contributed by atoms with E-state index >= 15 is 0 Å². The summed E-state index contributed by atoms with van der Waals surface area (Å²) in [6, 6.07) is 20.2. The molecule has 11 heteroatoms. The zero-order valence-corrected chi connectivity index (χ0v) is 23.9. The molecule has 41 heavy (non-hydrogen) atoms. The standard InChI is InChI=1S/C30H34N4O6S/c1-22-5-11-25(12-6-22)34(41(37,38)28-15-7-23(2)8-16-28)20-29(35)33-32-18-24-9-13-26(14-10-24)40-21-30(36)31-19-27-4-3-17-39-27/h5-16,18,27H,3-4,17,19-21H2,1-2H3,(H,31,36)(H,33,35)/b32-18-/t27-/m1/s1. The van der Waals surface area contributed by atoms with Crippen molar-refractivity contribution in [1.29, 1.82) is 0 Å². The second-order valence-corrected chi connectivity index (χ2v) is 11.6. The number of benzene rings is 3. The third-order valence-corrected chi connectivity index (χ3v) is 8.21. The van der Waals surface area contributed by atoms with E-state index in [1.807, 2.05) is 13.8 Å². The van der Waals surface area contributed by atoms with Crippen molar-refractivity contribution in [3.63, 3.8) is 0 Å². The molecule has 0 spiro atoms. The van der Waals surface area contributed by atoms with Crippen LogP contribution in [0.3, 0.4) is 0 Å². The summed E-state index contributed by atoms with van der Waals surface area (Å²) >= 11 is 0. The highest BCUT2D eigenvalue weighted by Crippen LogP contribution is 2.24. The molecular formula is C30H34N4O6S. The van der Waals surface area contributed by atoms with E-state index in [2.05, 4.69) is 15.8 Å². The van der Waals surface area contributed by atoms with Crippen molar-refractivity contribution in [2.24, 2.45) is 5.10 Å². The molecule has 1 saturated heterocycles. The van der Waals surface area contributed by atoms with Crippen LogP contribution >= 0.6 is 0 Å². The van der Waals surface area contributed by atoms with Crippen molar-refractivity contribution in [3.8, 4) is 5.75 Å². The maximum Gasteiger partial charge on any atom is 0.264 e. The molecule has 0 saturated carbocycles. The predicted octanol–water partition coefficient (Wildman–Crippen LogP) is 3.32. The number of sulfonamides is 1. The summed E-state index contributed by atoms with van der Waals surface area (Å²) in [5.74, 6) is -0.321. The summed E-state index contributed by atoms with van der Waals surface area (Å²) in [5.41, 5.74) is 5.32. The van der Waals surface area contributed by atoms with Gasteiger partial charge in [-0.1, -0.05) is 35.4 Å². The van der Waals surface area contributed by atoms with Gasteiger partial charge in [-0.3, -0.25) is 13.9 Å². The summed E-state index contributed by atoms with van der Waals surface area (Å²) in [5, 5.41) is 6.77. The van der Waals surface area contributed by atoms with Crippen LogP contribution in [0, 0.1) is 13.8 Å². The van der Waals surface area contributed by atoms with Gasteiger partial charge in [0.25, 0.3) is 21.8 Å². The number of anilines is 1. The van der Waals surface area contributed by atoms with Crippen LogP contribution in [-0.2, 0) is 24.3 Å². The van der Waals surface area contributed by atoms with Gasteiger partial charge in [-0.25, -0.2) is 13.8 Å². The molecule has 0 aromatic heterocycles. The van der Waals surface area contributed by atoms with Crippen molar-refractivity contribution in [3.05, 3.63) is 89.5 Å². The number of carbonyl (C=O) groups excluding carboxylic acids is 2. The highest BCUT2D eigenvalue weighted by Gasteiger charge is 2.27. The van der Waals surface area contributed by atoms with E-state index in [4.69, 9.17) is 9.47 Å². The van der Waals surface area contributed by atoms with Gasteiger partial charge in [0.05, 0.1) is 22.9 Å². The lowest BCUT2D eigenvalue weighted by molar-refractivity contribution is -0.123. The highest BCUT2D eigenvalue weighted by atomic mass is 32.2. The Morgan fingerprint density at radius 1 is 0.976 bits per heavy atom. The number of aryl methyl sites for hydroxylation is 2. The number of amides is 2. The quantitative estimate of drug-likeness (QED) is 0.251. The maximum absolute atomic E-state index is 13.4. The molecular weight excluding hydrogens is 544 g/mol. The van der Waals surface area contributed by atoms with Crippen LogP contribution in [0.4, 0.5) is 5.69 Å². The molecule has 1 atom stereocenters. The normalized spacial score (nSPS) is 15.0. The largest absolute Gasteiger partial charge is 0.484 e. The molecule has 0 aliphatic carbocycles. The Labute approximate surface area is 240 Å². The van der Waals surface area contributed by atoms with Gasteiger partial charge in [0.2, 0.25) is 0 Å². The first-order chi connectivity index (χ1) is 19.7. The van der Waals surface area contributed by atoms with Gasteiger partial charge in [-0.15, -0.1) is 0 Å². The Bertz CT molecular complexity index is 1450. The topological polar surface area (TPSA) is 126 Å². The molecule has 1 aliphatic heterocycles. The number of nitrogens with one attached hydrogen (secondary N) is 2. The van der Waals surface area contributed by atoms with E-state index in [1.165, 1.54) is 18.3 Å². The molecule has 2 amide bonds. The fraction of sp³-hybridized carbons (Fsp3) is 0.300. The van der Waals surface area contributed by atoms with Crippen LogP contribution in [0.5, 0.6) is 5.75 Å². The van der Waals surface area contributed by atoms with Crippen LogP contribution in [0.1, 0.15) is 29.5 Å². The summed E-state index contributed by atoms with van der Waals surface area (Å²) in [4.78, 5) is 24.8. The minimum absolute atomic E-state index is 0.0706. The summed E-state index contributed by atoms with van der Waals surface area (Å²) in [7, 11) is -4.01. The summed E-state index contributed by atoms with van der Waals surface area (Å²) < 4.78 is 39.0. The number of rotatable bonds is 12. The highest BCUT2D eigenvalue weighted by molar-refractivity contribution is 7.92. The Hall–Kier alpha value is -4.22. The molecule has 216 valence electrons. The van der Waals surface area contributed by atoms with E-state index < -0.39 is 22.5 Å². The monoisotopic (exact) mass is 578 g/mol. The van der Waals surface area contributed by atoms with Gasteiger partial charge in [0.1, 0.15) is 12.3 Å². The van der Waals surface area contributed by atoms with Crippen LogP contribution in [0.2, 0.25) is 0 Å². The van der Waals surface area contributed by atoms with Gasteiger partial charge >= 0.3 is 0 Å². The average molecular weight is 579 g/mol. The second kappa shape index (κ2) is 13.9. The van der Waals surface area contributed by atoms with Crippen LogP contribution in [-0.4, -0.2) is 58.9 Å². The Balaban J connectivity index is 1.32. The summed E-state index contributed by atoms with van der Waals surface area (Å²) in [6.45, 7) is 4.40. The molecule has 1 heterocycles. The fourth-order valence-corrected chi connectivity index (χ4v) is 5.51. The molecule has 1 fully saturated rings. The molecule has 10 nitrogen and oxygen atoms in total. The number of hydrogen-bond acceptors (Lipinski definition) is 7. The number of hydrogen-bond donors (Lipinski definition) is 2. The van der Waals surface area contributed by atoms with Crippen LogP contribution < -0.4 is 19.8 Å². The van der Waals surface area contributed by atoms with Crippen LogP contribution in [0.25, 0.3) is 0 Å². The first kappa shape index (κ1) is 29.8. The molecule has 0 unspecified atom stereocenters. The molecule has 4 rings (SSSR count). The van der Waals surface area contributed by atoms with Gasteiger partial charge in [-0.2, -0.15) is 5.10 Å². The van der Waals surface area contributed by atoms with Crippen LogP contribution in [0.15, 0.2) is 82.8 Å². The minimum atomic E-state index is -4.01. The molecule has 0 radical (unpaired) electrons. The van der Waals surface area contributed by atoms with Crippen molar-refractivity contribution < 1.29 is 27.5 Å². The predicted molar refractivity (Wildman–Crippen MR) is 157 cm³/mol. The molecule has 2 N–H and O–H groups in total. The van der Waals surface area contributed by atoms with Gasteiger partial charge < -0.3 is 14.8 Å². The van der Waals surface area contributed by atoms with E-state index in [-0.39, 0.29) is 23.5 Å². The number of hydrazone groups is 1. The minimum Gasteiger partial charge on any atom is -0.484 e. The summed E-state index contributed by atoms with van der Waals surface area (Å²) in [6.07, 6.45) is 3.46. The fourth-order valence-electron chi connectivity index (χ4n) is 4.09. The average Bonchev–Trinajstić information content (AvgIpc) is 3.49. The van der Waals surface area contributed by atoms with Crippen molar-refractivity contribution >= 4 is 33.7 Å². The first-order valence-electron chi connectivity index (χ1n) is 13.3. The number of nitrogens with zero attached hydrogens (tertiary/aromatic N) is 2. The second-order valence-electron chi connectivity index (χ2n) is 9.75. The molecule has 3 aromatic carbocycles. The Kier molecular flexibility index (Phi) is 10.1. The Morgan fingerprint density at radius 3 is 2.27 bits per heavy atom. The van der Waals surface area contributed by atoms with Gasteiger partial charge in [0.15, 0.2) is 6.61 Å². The van der Waals surface area contributed by atoms with E-state index in [0.717, 1.165) is 34.9 Å².